The number of hydrogen-bond acceptors (Lipinski definition) is 6. The van der Waals surface area contributed by atoms with Crippen LogP contribution in [-0.2, 0) is 6.54 Å². The van der Waals surface area contributed by atoms with E-state index in [4.69, 9.17) is 14.5 Å². The van der Waals surface area contributed by atoms with Crippen molar-refractivity contribution in [2.24, 2.45) is 0 Å². The van der Waals surface area contributed by atoms with Crippen LogP contribution < -0.4 is 14.4 Å². The summed E-state index contributed by atoms with van der Waals surface area (Å²) < 4.78 is 12.4. The maximum Gasteiger partial charge on any atom is 0.260 e. The van der Waals surface area contributed by atoms with Crippen molar-refractivity contribution < 1.29 is 14.3 Å². The molecule has 0 aliphatic carbocycles. The Hall–Kier alpha value is -3.45. The van der Waals surface area contributed by atoms with Crippen molar-refractivity contribution in [3.8, 4) is 11.5 Å². The molecule has 0 radical (unpaired) electrons. The predicted molar refractivity (Wildman–Crippen MR) is 137 cm³/mol. The molecule has 7 heteroatoms. The lowest BCUT2D eigenvalue weighted by Gasteiger charge is -2.20. The van der Waals surface area contributed by atoms with Gasteiger partial charge >= 0.3 is 0 Å². The fraction of sp³-hybridized carbons (Fsp3) is 0.296. The van der Waals surface area contributed by atoms with Gasteiger partial charge in [0.2, 0.25) is 0 Å². The molecule has 0 atom stereocenters. The number of benzene rings is 2. The SMILES string of the molecule is CCCCCOc1cccc(C(=O)N(Cc2cccnc2)c2nc3c(OC)ccc(C)c3s2)c1. The summed E-state index contributed by atoms with van der Waals surface area (Å²) in [6.07, 6.45) is 6.75. The number of methoxy groups -OCH3 is 1. The number of amides is 1. The van der Waals surface area contributed by atoms with E-state index in [0.717, 1.165) is 40.6 Å². The maximum absolute atomic E-state index is 13.8. The molecule has 4 rings (SSSR count). The predicted octanol–water partition coefficient (Wildman–Crippen LogP) is 6.42. The number of carbonyl (C=O) groups is 1. The molecule has 34 heavy (non-hydrogen) atoms. The van der Waals surface area contributed by atoms with E-state index in [2.05, 4.69) is 11.9 Å². The molecular formula is C27H29N3O3S. The fourth-order valence-electron chi connectivity index (χ4n) is 3.70. The zero-order chi connectivity index (χ0) is 23.9. The third-order valence-electron chi connectivity index (χ3n) is 5.55. The van der Waals surface area contributed by atoms with Gasteiger partial charge in [0.1, 0.15) is 17.0 Å². The van der Waals surface area contributed by atoms with Crippen molar-refractivity contribution in [1.29, 1.82) is 0 Å². The lowest BCUT2D eigenvalue weighted by Crippen LogP contribution is -2.30. The molecule has 0 bridgehead atoms. The van der Waals surface area contributed by atoms with Crippen molar-refractivity contribution in [2.45, 2.75) is 39.7 Å². The van der Waals surface area contributed by atoms with Crippen molar-refractivity contribution in [3.05, 3.63) is 77.6 Å². The Morgan fingerprint density at radius 3 is 2.76 bits per heavy atom. The number of hydrogen-bond donors (Lipinski definition) is 0. The van der Waals surface area contributed by atoms with E-state index < -0.39 is 0 Å². The zero-order valence-electron chi connectivity index (χ0n) is 19.8. The molecule has 1 amide bonds. The number of fused-ring (bicyclic) bond motifs is 1. The van der Waals surface area contributed by atoms with E-state index in [1.165, 1.54) is 11.3 Å². The first-order valence-corrected chi connectivity index (χ1v) is 12.3. The van der Waals surface area contributed by atoms with Gasteiger partial charge in [0.25, 0.3) is 5.91 Å². The zero-order valence-corrected chi connectivity index (χ0v) is 20.6. The van der Waals surface area contributed by atoms with Crippen LogP contribution >= 0.6 is 11.3 Å². The third kappa shape index (κ3) is 5.37. The smallest absolute Gasteiger partial charge is 0.260 e. The van der Waals surface area contributed by atoms with Crippen LogP contribution in [0.25, 0.3) is 10.2 Å². The fourth-order valence-corrected chi connectivity index (χ4v) is 4.75. The largest absolute Gasteiger partial charge is 0.494 e. The Morgan fingerprint density at radius 2 is 2.00 bits per heavy atom. The van der Waals surface area contributed by atoms with Crippen molar-refractivity contribution >= 4 is 32.6 Å². The van der Waals surface area contributed by atoms with Gasteiger partial charge in [0, 0.05) is 18.0 Å². The van der Waals surface area contributed by atoms with E-state index in [1.54, 1.807) is 24.4 Å². The molecule has 0 saturated heterocycles. The number of aromatic nitrogens is 2. The maximum atomic E-state index is 13.8. The minimum absolute atomic E-state index is 0.140. The summed E-state index contributed by atoms with van der Waals surface area (Å²) in [5.74, 6) is 1.25. The average molecular weight is 476 g/mol. The normalized spacial score (nSPS) is 10.9. The van der Waals surface area contributed by atoms with Crippen molar-refractivity contribution in [2.75, 3.05) is 18.6 Å². The second-order valence-corrected chi connectivity index (χ2v) is 9.07. The Balaban J connectivity index is 1.69. The minimum Gasteiger partial charge on any atom is -0.494 e. The number of ether oxygens (including phenoxy) is 2. The summed E-state index contributed by atoms with van der Waals surface area (Å²) in [7, 11) is 1.63. The lowest BCUT2D eigenvalue weighted by atomic mass is 10.1. The summed E-state index contributed by atoms with van der Waals surface area (Å²) in [5, 5.41) is 0.616. The monoisotopic (exact) mass is 475 g/mol. The number of carbonyl (C=O) groups excluding carboxylic acids is 1. The molecule has 0 aliphatic heterocycles. The van der Waals surface area contributed by atoms with Crippen molar-refractivity contribution in [3.63, 3.8) is 0 Å². The molecule has 0 saturated carbocycles. The molecular weight excluding hydrogens is 446 g/mol. The molecule has 2 heterocycles. The Morgan fingerprint density at radius 1 is 1.12 bits per heavy atom. The molecule has 0 N–H and O–H groups in total. The van der Waals surface area contributed by atoms with Gasteiger partial charge < -0.3 is 9.47 Å². The van der Waals surface area contributed by atoms with Gasteiger partial charge in [-0.05, 0) is 54.8 Å². The number of anilines is 1. The molecule has 0 fully saturated rings. The van der Waals surface area contributed by atoms with Crippen LogP contribution in [-0.4, -0.2) is 29.6 Å². The number of nitrogens with zero attached hydrogens (tertiary/aromatic N) is 3. The molecule has 0 aliphatic rings. The van der Waals surface area contributed by atoms with Crippen LogP contribution in [0.15, 0.2) is 60.9 Å². The number of rotatable bonds is 10. The number of pyridine rings is 1. The topological polar surface area (TPSA) is 64.5 Å². The van der Waals surface area contributed by atoms with Crippen LogP contribution in [0.4, 0.5) is 5.13 Å². The highest BCUT2D eigenvalue weighted by atomic mass is 32.1. The summed E-state index contributed by atoms with van der Waals surface area (Å²) in [6.45, 7) is 5.20. The Bertz CT molecular complexity index is 1260. The summed E-state index contributed by atoms with van der Waals surface area (Å²) >= 11 is 1.49. The van der Waals surface area contributed by atoms with E-state index in [-0.39, 0.29) is 5.91 Å². The van der Waals surface area contributed by atoms with Gasteiger partial charge in [-0.15, -0.1) is 0 Å². The molecule has 176 valence electrons. The van der Waals surface area contributed by atoms with E-state index in [9.17, 15) is 4.79 Å². The molecule has 6 nitrogen and oxygen atoms in total. The van der Waals surface area contributed by atoms with Crippen LogP contribution in [0.1, 0.15) is 47.7 Å². The second kappa shape index (κ2) is 11.1. The van der Waals surface area contributed by atoms with Crippen LogP contribution in [0.2, 0.25) is 0 Å². The first-order chi connectivity index (χ1) is 16.6. The molecule has 2 aromatic heterocycles. The van der Waals surface area contributed by atoms with Gasteiger partial charge in [-0.2, -0.15) is 0 Å². The Kier molecular flexibility index (Phi) is 7.75. The quantitative estimate of drug-likeness (QED) is 0.248. The second-order valence-electron chi connectivity index (χ2n) is 8.09. The Labute approximate surface area is 204 Å². The van der Waals surface area contributed by atoms with Crippen molar-refractivity contribution in [1.82, 2.24) is 9.97 Å². The number of unbranched alkanes of at least 4 members (excludes halogenated alkanes) is 2. The first kappa shape index (κ1) is 23.7. The molecule has 0 unspecified atom stereocenters. The highest BCUT2D eigenvalue weighted by Gasteiger charge is 2.24. The summed E-state index contributed by atoms with van der Waals surface area (Å²) in [5.41, 5.74) is 3.33. The minimum atomic E-state index is -0.140. The number of thiazole rings is 1. The van der Waals surface area contributed by atoms with E-state index in [0.29, 0.717) is 35.3 Å². The lowest BCUT2D eigenvalue weighted by molar-refractivity contribution is 0.0984. The van der Waals surface area contributed by atoms with E-state index >= 15 is 0 Å². The highest BCUT2D eigenvalue weighted by molar-refractivity contribution is 7.22. The average Bonchev–Trinajstić information content (AvgIpc) is 3.32. The van der Waals surface area contributed by atoms with Crippen LogP contribution in [0.3, 0.4) is 0 Å². The van der Waals surface area contributed by atoms with Gasteiger partial charge in [0.05, 0.1) is 25.0 Å². The third-order valence-corrected chi connectivity index (χ3v) is 6.76. The van der Waals surface area contributed by atoms with Gasteiger partial charge in [-0.25, -0.2) is 4.98 Å². The van der Waals surface area contributed by atoms with E-state index in [1.807, 2.05) is 55.5 Å². The number of aryl methyl sites for hydroxylation is 1. The summed E-state index contributed by atoms with van der Waals surface area (Å²) in [6, 6.07) is 15.1. The first-order valence-electron chi connectivity index (χ1n) is 11.5. The molecule has 2 aromatic carbocycles. The van der Waals surface area contributed by atoms with Gasteiger partial charge in [0.15, 0.2) is 5.13 Å². The van der Waals surface area contributed by atoms with Gasteiger partial charge in [-0.1, -0.05) is 49.3 Å². The standard InChI is InChI=1S/C27H29N3O3S/c1-4-5-6-15-33-22-11-7-10-21(16-22)26(31)30(18-20-9-8-14-28-17-20)27-29-24-23(32-3)13-12-19(2)25(24)34-27/h7-14,16-17H,4-6,15,18H2,1-3H3. The summed E-state index contributed by atoms with van der Waals surface area (Å²) in [4.78, 5) is 24.5. The van der Waals surface area contributed by atoms with Gasteiger partial charge in [-0.3, -0.25) is 14.7 Å². The molecule has 4 aromatic rings. The van der Waals surface area contributed by atoms with Crippen LogP contribution in [0, 0.1) is 6.92 Å². The highest BCUT2D eigenvalue weighted by Crippen LogP contribution is 2.37. The molecule has 0 spiro atoms. The van der Waals surface area contributed by atoms with Crippen LogP contribution in [0.5, 0.6) is 11.5 Å².